The molecule has 4 nitrogen and oxygen atoms in total. The van der Waals surface area contributed by atoms with Crippen molar-refractivity contribution < 1.29 is 4.79 Å². The van der Waals surface area contributed by atoms with Crippen molar-refractivity contribution in [2.75, 3.05) is 20.6 Å². The summed E-state index contributed by atoms with van der Waals surface area (Å²) in [5.41, 5.74) is 0. The van der Waals surface area contributed by atoms with Gasteiger partial charge in [-0.2, -0.15) is 0 Å². The van der Waals surface area contributed by atoms with Crippen LogP contribution in [0, 0.1) is 0 Å². The molecule has 0 spiro atoms. The van der Waals surface area contributed by atoms with Gasteiger partial charge in [0.1, 0.15) is 0 Å². The molecular formula is C13H25N3O. The number of amides is 1. The van der Waals surface area contributed by atoms with Crippen molar-refractivity contribution in [1.29, 1.82) is 0 Å². The van der Waals surface area contributed by atoms with Gasteiger partial charge in [-0.05, 0) is 59.2 Å². The van der Waals surface area contributed by atoms with Crippen molar-refractivity contribution in [3.63, 3.8) is 0 Å². The van der Waals surface area contributed by atoms with Crippen LogP contribution >= 0.6 is 0 Å². The fourth-order valence-corrected chi connectivity index (χ4v) is 2.97. The second kappa shape index (κ2) is 5.83. The molecule has 0 aromatic rings. The molecule has 2 rings (SSSR count). The van der Waals surface area contributed by atoms with E-state index in [0.29, 0.717) is 12.1 Å². The van der Waals surface area contributed by atoms with Crippen LogP contribution in [0.4, 0.5) is 0 Å². The van der Waals surface area contributed by atoms with Gasteiger partial charge < -0.3 is 15.5 Å². The van der Waals surface area contributed by atoms with Gasteiger partial charge in [0, 0.05) is 12.1 Å². The summed E-state index contributed by atoms with van der Waals surface area (Å²) in [6.45, 7) is 0.989. The van der Waals surface area contributed by atoms with Crippen LogP contribution < -0.4 is 10.6 Å². The highest BCUT2D eigenvalue weighted by atomic mass is 16.2. The minimum absolute atomic E-state index is 0.0646. The summed E-state index contributed by atoms with van der Waals surface area (Å²) in [5.74, 6) is 0.215. The van der Waals surface area contributed by atoms with Crippen LogP contribution in [0.5, 0.6) is 0 Å². The number of rotatable bonds is 3. The van der Waals surface area contributed by atoms with Crippen LogP contribution in [-0.2, 0) is 4.79 Å². The van der Waals surface area contributed by atoms with E-state index in [2.05, 4.69) is 29.6 Å². The molecule has 2 aliphatic rings. The molecule has 1 aliphatic carbocycles. The van der Waals surface area contributed by atoms with Gasteiger partial charge in [0.15, 0.2) is 0 Å². The Kier molecular flexibility index (Phi) is 4.40. The molecule has 1 aliphatic heterocycles. The average molecular weight is 239 g/mol. The Labute approximate surface area is 104 Å². The molecule has 17 heavy (non-hydrogen) atoms. The van der Waals surface area contributed by atoms with Crippen LogP contribution in [0.3, 0.4) is 0 Å². The van der Waals surface area contributed by atoms with E-state index in [1.807, 2.05) is 0 Å². The van der Waals surface area contributed by atoms with Gasteiger partial charge in [-0.1, -0.05) is 0 Å². The Morgan fingerprint density at radius 3 is 2.71 bits per heavy atom. The molecule has 2 N–H and O–H groups in total. The third-order valence-electron chi connectivity index (χ3n) is 4.10. The van der Waals surface area contributed by atoms with Gasteiger partial charge in [0.05, 0.1) is 6.04 Å². The predicted octanol–water partition coefficient (Wildman–Crippen LogP) is 0.727. The molecule has 2 fully saturated rings. The van der Waals surface area contributed by atoms with Crippen molar-refractivity contribution in [3.8, 4) is 0 Å². The van der Waals surface area contributed by atoms with Gasteiger partial charge >= 0.3 is 0 Å². The molecule has 4 heteroatoms. The SMILES string of the molecule is CN(C)C1CCCC(NC(=O)[C@@H]2CCCN2)C1. The smallest absolute Gasteiger partial charge is 0.237 e. The number of carbonyl (C=O) groups excluding carboxylic acids is 1. The van der Waals surface area contributed by atoms with E-state index in [1.165, 1.54) is 12.8 Å². The minimum Gasteiger partial charge on any atom is -0.352 e. The Bertz CT molecular complexity index is 261. The lowest BCUT2D eigenvalue weighted by molar-refractivity contribution is -0.123. The summed E-state index contributed by atoms with van der Waals surface area (Å²) < 4.78 is 0. The Balaban J connectivity index is 1.79. The quantitative estimate of drug-likeness (QED) is 0.763. The highest BCUT2D eigenvalue weighted by Gasteiger charge is 2.28. The van der Waals surface area contributed by atoms with Gasteiger partial charge in [0.25, 0.3) is 0 Å². The molecule has 0 bridgehead atoms. The zero-order chi connectivity index (χ0) is 12.3. The van der Waals surface area contributed by atoms with E-state index in [9.17, 15) is 4.79 Å². The third-order valence-corrected chi connectivity index (χ3v) is 4.10. The molecule has 1 amide bonds. The topological polar surface area (TPSA) is 44.4 Å². The summed E-state index contributed by atoms with van der Waals surface area (Å²) in [6, 6.07) is 1.08. The summed E-state index contributed by atoms with van der Waals surface area (Å²) >= 11 is 0. The first kappa shape index (κ1) is 12.8. The molecule has 0 aromatic carbocycles. The maximum atomic E-state index is 12.0. The van der Waals surface area contributed by atoms with Crippen LogP contribution in [0.1, 0.15) is 38.5 Å². The number of hydrogen-bond acceptors (Lipinski definition) is 3. The Morgan fingerprint density at radius 2 is 2.06 bits per heavy atom. The molecule has 0 aromatic heterocycles. The fourth-order valence-electron chi connectivity index (χ4n) is 2.97. The van der Waals surface area contributed by atoms with E-state index in [4.69, 9.17) is 0 Å². The highest BCUT2D eigenvalue weighted by molar-refractivity contribution is 5.82. The van der Waals surface area contributed by atoms with Gasteiger partial charge in [-0.3, -0.25) is 4.79 Å². The monoisotopic (exact) mass is 239 g/mol. The standard InChI is InChI=1S/C13H25N3O/c1-16(2)11-6-3-5-10(9-11)15-13(17)12-7-4-8-14-12/h10-12,14H,3-9H2,1-2H3,(H,15,17)/t10?,11?,12-/m0/s1. The van der Waals surface area contributed by atoms with E-state index < -0.39 is 0 Å². The lowest BCUT2D eigenvalue weighted by atomic mass is 9.90. The molecule has 1 heterocycles. The third kappa shape index (κ3) is 3.42. The van der Waals surface area contributed by atoms with Crippen molar-refractivity contribution in [2.24, 2.45) is 0 Å². The molecule has 1 saturated carbocycles. The van der Waals surface area contributed by atoms with Crippen molar-refractivity contribution in [3.05, 3.63) is 0 Å². The first-order valence-corrected chi connectivity index (χ1v) is 6.87. The molecule has 98 valence electrons. The van der Waals surface area contributed by atoms with E-state index in [1.54, 1.807) is 0 Å². The maximum Gasteiger partial charge on any atom is 0.237 e. The Morgan fingerprint density at radius 1 is 1.24 bits per heavy atom. The van der Waals surface area contributed by atoms with Gasteiger partial charge in [-0.15, -0.1) is 0 Å². The maximum absolute atomic E-state index is 12.0. The van der Waals surface area contributed by atoms with Crippen molar-refractivity contribution in [1.82, 2.24) is 15.5 Å². The number of carbonyl (C=O) groups is 1. The largest absolute Gasteiger partial charge is 0.352 e. The minimum atomic E-state index is 0.0646. The van der Waals surface area contributed by atoms with E-state index >= 15 is 0 Å². The second-order valence-electron chi connectivity index (χ2n) is 5.64. The molecule has 0 radical (unpaired) electrons. The van der Waals surface area contributed by atoms with Crippen molar-refractivity contribution >= 4 is 5.91 Å². The summed E-state index contributed by atoms with van der Waals surface area (Å²) in [6.07, 6.45) is 6.86. The van der Waals surface area contributed by atoms with Gasteiger partial charge in [0.2, 0.25) is 5.91 Å². The predicted molar refractivity (Wildman–Crippen MR) is 68.9 cm³/mol. The summed E-state index contributed by atoms with van der Waals surface area (Å²) in [4.78, 5) is 14.3. The van der Waals surface area contributed by atoms with Crippen LogP contribution in [0.25, 0.3) is 0 Å². The first-order chi connectivity index (χ1) is 8.16. The fraction of sp³-hybridized carbons (Fsp3) is 0.923. The zero-order valence-corrected chi connectivity index (χ0v) is 11.0. The summed E-state index contributed by atoms with van der Waals surface area (Å²) in [7, 11) is 4.26. The zero-order valence-electron chi connectivity index (χ0n) is 11.0. The molecule has 3 atom stereocenters. The second-order valence-corrected chi connectivity index (χ2v) is 5.64. The average Bonchev–Trinajstić information content (AvgIpc) is 2.82. The first-order valence-electron chi connectivity index (χ1n) is 6.87. The lowest BCUT2D eigenvalue weighted by Gasteiger charge is -2.34. The van der Waals surface area contributed by atoms with Crippen LogP contribution in [0.2, 0.25) is 0 Å². The van der Waals surface area contributed by atoms with E-state index in [0.717, 1.165) is 32.2 Å². The lowest BCUT2D eigenvalue weighted by Crippen LogP contribution is -2.48. The molecule has 1 saturated heterocycles. The van der Waals surface area contributed by atoms with E-state index in [-0.39, 0.29) is 11.9 Å². The highest BCUT2D eigenvalue weighted by Crippen LogP contribution is 2.21. The number of nitrogens with one attached hydrogen (secondary N) is 2. The number of nitrogens with zero attached hydrogens (tertiary/aromatic N) is 1. The Hall–Kier alpha value is -0.610. The molecular weight excluding hydrogens is 214 g/mol. The number of hydrogen-bond donors (Lipinski definition) is 2. The van der Waals surface area contributed by atoms with Crippen LogP contribution in [-0.4, -0.2) is 49.6 Å². The molecule has 2 unspecified atom stereocenters. The van der Waals surface area contributed by atoms with Crippen LogP contribution in [0.15, 0.2) is 0 Å². The summed E-state index contributed by atoms with van der Waals surface area (Å²) in [5, 5.41) is 6.48. The normalized spacial score (nSPS) is 33.9. The van der Waals surface area contributed by atoms with Gasteiger partial charge in [-0.25, -0.2) is 0 Å². The van der Waals surface area contributed by atoms with Crippen molar-refractivity contribution in [2.45, 2.75) is 56.7 Å².